The fourth-order valence-electron chi connectivity index (χ4n) is 1.82. The molecule has 1 rings (SSSR count). The second-order valence-corrected chi connectivity index (χ2v) is 4.24. The predicted octanol–water partition coefficient (Wildman–Crippen LogP) is 1.58. The van der Waals surface area contributed by atoms with Gasteiger partial charge < -0.3 is 14.8 Å². The Hall–Kier alpha value is -1.67. The van der Waals surface area contributed by atoms with E-state index >= 15 is 0 Å². The smallest absolute Gasteiger partial charge is 0.333 e. The van der Waals surface area contributed by atoms with E-state index in [0.717, 1.165) is 6.42 Å². The van der Waals surface area contributed by atoms with E-state index in [1.54, 1.807) is 18.7 Å². The summed E-state index contributed by atoms with van der Waals surface area (Å²) < 4.78 is 11.8. The highest BCUT2D eigenvalue weighted by molar-refractivity contribution is 5.59. The average Bonchev–Trinajstić information content (AvgIpc) is 2.74. The van der Waals surface area contributed by atoms with E-state index < -0.39 is 4.92 Å². The van der Waals surface area contributed by atoms with Gasteiger partial charge in [-0.2, -0.15) is 5.10 Å². The Bertz CT molecular complexity index is 433. The second-order valence-electron chi connectivity index (χ2n) is 4.24. The number of ether oxygens (including phenoxy) is 2. The summed E-state index contributed by atoms with van der Waals surface area (Å²) in [6.45, 7) is 6.44. The molecule has 0 saturated heterocycles. The van der Waals surface area contributed by atoms with Gasteiger partial charge in [-0.25, -0.2) is 4.68 Å². The largest absolute Gasteiger partial charge is 0.382 e. The molecule has 1 heterocycles. The van der Waals surface area contributed by atoms with Crippen LogP contribution in [0, 0.1) is 17.0 Å². The Morgan fingerprint density at radius 3 is 2.75 bits per heavy atom. The molecular weight excluding hydrogens is 264 g/mol. The molecule has 1 aromatic heterocycles. The first-order chi connectivity index (χ1) is 9.61. The third-order valence-corrected chi connectivity index (χ3v) is 2.77. The minimum Gasteiger partial charge on any atom is -0.382 e. The molecule has 1 N–H and O–H groups in total. The predicted molar refractivity (Wildman–Crippen MR) is 75.1 cm³/mol. The maximum absolute atomic E-state index is 11.1. The maximum atomic E-state index is 11.1. The average molecular weight is 286 g/mol. The molecule has 0 aliphatic rings. The van der Waals surface area contributed by atoms with Crippen LogP contribution >= 0.6 is 0 Å². The van der Waals surface area contributed by atoms with E-state index in [1.165, 1.54) is 0 Å². The quantitative estimate of drug-likeness (QED) is 0.399. The van der Waals surface area contributed by atoms with E-state index in [1.807, 2.05) is 6.92 Å². The van der Waals surface area contributed by atoms with Crippen molar-refractivity contribution >= 4 is 11.5 Å². The van der Waals surface area contributed by atoms with Crippen molar-refractivity contribution in [2.45, 2.75) is 26.8 Å². The highest BCUT2D eigenvalue weighted by Crippen LogP contribution is 2.27. The van der Waals surface area contributed by atoms with Gasteiger partial charge in [-0.05, 0) is 20.3 Å². The van der Waals surface area contributed by atoms with Crippen LogP contribution in [0.3, 0.4) is 0 Å². The van der Waals surface area contributed by atoms with Crippen molar-refractivity contribution in [3.8, 4) is 0 Å². The second kappa shape index (κ2) is 8.49. The molecule has 0 spiro atoms. The summed E-state index contributed by atoms with van der Waals surface area (Å²) >= 11 is 0. The van der Waals surface area contributed by atoms with E-state index in [0.29, 0.717) is 44.4 Å². The van der Waals surface area contributed by atoms with Gasteiger partial charge in [0.1, 0.15) is 5.69 Å². The third kappa shape index (κ3) is 4.46. The van der Waals surface area contributed by atoms with Crippen LogP contribution < -0.4 is 5.32 Å². The molecule has 0 radical (unpaired) electrons. The molecule has 1 aromatic rings. The van der Waals surface area contributed by atoms with Gasteiger partial charge in [-0.3, -0.25) is 10.1 Å². The van der Waals surface area contributed by atoms with Crippen molar-refractivity contribution < 1.29 is 14.4 Å². The highest BCUT2D eigenvalue weighted by atomic mass is 16.6. The molecule has 0 atom stereocenters. The van der Waals surface area contributed by atoms with Crippen LogP contribution in [0.4, 0.5) is 11.5 Å². The lowest BCUT2D eigenvalue weighted by Gasteiger charge is -2.08. The number of hydrogen-bond acceptors (Lipinski definition) is 6. The summed E-state index contributed by atoms with van der Waals surface area (Å²) in [5.41, 5.74) is 0.475. The topological polar surface area (TPSA) is 91.5 Å². The van der Waals surface area contributed by atoms with Crippen molar-refractivity contribution in [2.75, 3.05) is 38.8 Å². The van der Waals surface area contributed by atoms with Gasteiger partial charge in [0.15, 0.2) is 0 Å². The first-order valence-electron chi connectivity index (χ1n) is 6.64. The molecule has 0 saturated carbocycles. The molecule has 8 nitrogen and oxygen atoms in total. The summed E-state index contributed by atoms with van der Waals surface area (Å²) in [6.07, 6.45) is 0.759. The van der Waals surface area contributed by atoms with Crippen molar-refractivity contribution in [1.29, 1.82) is 0 Å². The van der Waals surface area contributed by atoms with Gasteiger partial charge in [0, 0.05) is 26.8 Å². The van der Waals surface area contributed by atoms with Crippen molar-refractivity contribution in [2.24, 2.45) is 0 Å². The van der Waals surface area contributed by atoms with Gasteiger partial charge >= 0.3 is 5.69 Å². The fourth-order valence-corrected chi connectivity index (χ4v) is 1.82. The van der Waals surface area contributed by atoms with Gasteiger partial charge in [0.2, 0.25) is 5.82 Å². The lowest BCUT2D eigenvalue weighted by atomic mass is 10.3. The number of aromatic nitrogens is 2. The van der Waals surface area contributed by atoms with Gasteiger partial charge in [-0.1, -0.05) is 0 Å². The maximum Gasteiger partial charge on any atom is 0.333 e. The zero-order valence-corrected chi connectivity index (χ0v) is 12.2. The van der Waals surface area contributed by atoms with E-state index in [2.05, 4.69) is 10.4 Å². The van der Waals surface area contributed by atoms with Crippen LogP contribution in [0.5, 0.6) is 0 Å². The highest BCUT2D eigenvalue weighted by Gasteiger charge is 2.24. The zero-order valence-electron chi connectivity index (χ0n) is 12.2. The van der Waals surface area contributed by atoms with E-state index in [4.69, 9.17) is 9.47 Å². The number of methoxy groups -OCH3 is 1. The van der Waals surface area contributed by atoms with Crippen LogP contribution in [0.2, 0.25) is 0 Å². The minimum atomic E-state index is -0.397. The summed E-state index contributed by atoms with van der Waals surface area (Å²) in [4.78, 5) is 10.7. The minimum absolute atomic E-state index is 0.0483. The number of anilines is 1. The number of nitrogens with zero attached hydrogens (tertiary/aromatic N) is 3. The molecular formula is C12H22N4O4. The number of rotatable bonds is 10. The molecule has 0 bridgehead atoms. The van der Waals surface area contributed by atoms with Gasteiger partial charge in [0.25, 0.3) is 0 Å². The van der Waals surface area contributed by atoms with E-state index in [9.17, 15) is 10.1 Å². The molecule has 0 aromatic carbocycles. The molecule has 20 heavy (non-hydrogen) atoms. The Labute approximate surface area is 118 Å². The van der Waals surface area contributed by atoms with Crippen molar-refractivity contribution in [3.05, 3.63) is 15.8 Å². The fraction of sp³-hybridized carbons (Fsp3) is 0.750. The lowest BCUT2D eigenvalue weighted by Crippen LogP contribution is -2.12. The lowest BCUT2D eigenvalue weighted by molar-refractivity contribution is -0.384. The summed E-state index contributed by atoms with van der Waals surface area (Å²) in [5, 5.41) is 18.3. The molecule has 0 aliphatic carbocycles. The van der Waals surface area contributed by atoms with Gasteiger partial charge in [-0.15, -0.1) is 0 Å². The molecule has 0 unspecified atom stereocenters. The van der Waals surface area contributed by atoms with Crippen LogP contribution in [0.15, 0.2) is 0 Å². The van der Waals surface area contributed by atoms with Crippen LogP contribution in [0.25, 0.3) is 0 Å². The molecule has 8 heteroatoms. The first-order valence-corrected chi connectivity index (χ1v) is 6.64. The monoisotopic (exact) mass is 286 g/mol. The van der Waals surface area contributed by atoms with Crippen LogP contribution in [-0.2, 0) is 16.0 Å². The molecule has 114 valence electrons. The summed E-state index contributed by atoms with van der Waals surface area (Å²) in [7, 11) is 1.62. The van der Waals surface area contributed by atoms with E-state index in [-0.39, 0.29) is 5.69 Å². The van der Waals surface area contributed by atoms with Crippen molar-refractivity contribution in [1.82, 2.24) is 9.78 Å². The SMILES string of the molecule is CCn1nc(C)c([N+](=O)[O-])c1NCCCOCCOC. The zero-order chi connectivity index (χ0) is 15.0. The number of nitro groups is 1. The first kappa shape index (κ1) is 16.4. The normalized spacial score (nSPS) is 10.8. The van der Waals surface area contributed by atoms with Crippen LogP contribution in [0.1, 0.15) is 19.0 Å². The number of hydrogen-bond donors (Lipinski definition) is 1. The van der Waals surface area contributed by atoms with Gasteiger partial charge in [0.05, 0.1) is 18.1 Å². The van der Waals surface area contributed by atoms with Crippen molar-refractivity contribution in [3.63, 3.8) is 0 Å². The Balaban J connectivity index is 2.48. The number of nitrogens with one attached hydrogen (secondary N) is 1. The summed E-state index contributed by atoms with van der Waals surface area (Å²) in [5.74, 6) is 0.465. The van der Waals surface area contributed by atoms with Crippen LogP contribution in [-0.4, -0.2) is 48.2 Å². The Morgan fingerprint density at radius 1 is 1.40 bits per heavy atom. The third-order valence-electron chi connectivity index (χ3n) is 2.77. The number of aryl methyl sites for hydroxylation is 2. The Kier molecular flexibility index (Phi) is 6.96. The Morgan fingerprint density at radius 2 is 2.15 bits per heavy atom. The summed E-state index contributed by atoms with van der Waals surface area (Å²) in [6, 6.07) is 0. The molecule has 0 aliphatic heterocycles. The molecule has 0 fully saturated rings. The standard InChI is InChI=1S/C12H22N4O4/c1-4-15-12(11(16(17)18)10(2)14-15)13-6-5-7-20-9-8-19-3/h13H,4-9H2,1-3H3. The molecule has 0 amide bonds.